The highest BCUT2D eigenvalue weighted by atomic mass is 19.1. The van der Waals surface area contributed by atoms with Gasteiger partial charge in [-0.05, 0) is 199 Å². The number of rotatable bonds is 25. The van der Waals surface area contributed by atoms with Crippen LogP contribution in [0, 0.1) is 62.7 Å². The van der Waals surface area contributed by atoms with Gasteiger partial charge in [0.05, 0.1) is 18.7 Å². The third-order valence-electron chi connectivity index (χ3n) is 22.1. The molecule has 12 aromatic rings. The molecule has 20 N–H and O–H groups in total. The summed E-state index contributed by atoms with van der Waals surface area (Å²) < 4.78 is 86.2. The Labute approximate surface area is 740 Å². The Bertz CT molecular complexity index is 6000. The highest BCUT2D eigenvalue weighted by molar-refractivity contribution is 6.06. The van der Waals surface area contributed by atoms with Gasteiger partial charge in [-0.15, -0.1) is 0 Å². The molecule has 0 bridgehead atoms. The summed E-state index contributed by atoms with van der Waals surface area (Å²) in [6.07, 6.45) is 3.37. The Morgan fingerprint density at radius 1 is 0.380 bits per heavy atom. The number of hydrogen-bond acceptors (Lipinski definition) is 18. The quantitative estimate of drug-likeness (QED) is 0.0236. The number of benzene rings is 8. The van der Waals surface area contributed by atoms with E-state index in [0.29, 0.717) is 111 Å². The molecule has 8 aromatic carbocycles. The average molecular weight is 1770 g/mol. The van der Waals surface area contributed by atoms with E-state index < -0.39 is 58.6 Å². The summed E-state index contributed by atoms with van der Waals surface area (Å²) in [4.78, 5) is 97.7. The van der Waals surface area contributed by atoms with Gasteiger partial charge < -0.3 is 76.6 Å². The van der Waals surface area contributed by atoms with Crippen molar-refractivity contribution in [2.24, 2.45) is 28.9 Å². The van der Waals surface area contributed by atoms with Crippen LogP contribution in [-0.2, 0) is 35.7 Å². The summed E-state index contributed by atoms with van der Waals surface area (Å²) in [5.41, 5.74) is 57.6. The van der Waals surface area contributed by atoms with Crippen LogP contribution in [0.3, 0.4) is 0 Å². The minimum atomic E-state index is -0.809. The molecule has 2 aliphatic heterocycles. The maximum atomic E-state index is 15.1. The Morgan fingerprint density at radius 2 is 0.698 bits per heavy atom. The van der Waals surface area contributed by atoms with E-state index in [-0.39, 0.29) is 130 Å². The van der Waals surface area contributed by atoms with Gasteiger partial charge in [0, 0.05) is 103 Å². The van der Waals surface area contributed by atoms with Gasteiger partial charge in [-0.2, -0.15) is 20.4 Å². The molecule has 2 atom stereocenters. The van der Waals surface area contributed by atoms with Crippen LogP contribution in [0.15, 0.2) is 164 Å². The lowest BCUT2D eigenvalue weighted by molar-refractivity contribution is 0.0499. The predicted molar refractivity (Wildman–Crippen MR) is 480 cm³/mol. The maximum Gasteiger partial charge on any atom is 0.254 e. The first-order valence-electron chi connectivity index (χ1n) is 41.5. The van der Waals surface area contributed by atoms with Gasteiger partial charge in [-0.1, -0.05) is 103 Å². The molecule has 0 spiro atoms. The molecule has 2 fully saturated rings. The highest BCUT2D eigenvalue weighted by Crippen LogP contribution is 2.38. The molecule has 30 nitrogen and oxygen atoms in total. The molecule has 2 unspecified atom stereocenters. The summed E-state index contributed by atoms with van der Waals surface area (Å²) in [6, 6.07) is 42.0. The minimum Gasteiger partial charge on any atom is -0.383 e. The molecule has 0 aliphatic carbocycles. The fourth-order valence-electron chi connectivity index (χ4n) is 14.9. The van der Waals surface area contributed by atoms with Gasteiger partial charge in [-0.25, -0.2) is 40.7 Å². The van der Waals surface area contributed by atoms with Crippen LogP contribution < -0.4 is 67.1 Å². The lowest BCUT2D eigenvalue weighted by atomic mass is 9.93. The second kappa shape index (κ2) is 42.0. The fraction of sp³-hybridized carbons (Fsp3) is 0.277. The average Bonchev–Trinajstić information content (AvgIpc) is 1.59. The Morgan fingerprint density at radius 3 is 1.02 bits per heavy atom. The highest BCUT2D eigenvalue weighted by Gasteiger charge is 2.32. The van der Waals surface area contributed by atoms with Crippen LogP contribution in [0.4, 0.5) is 45.2 Å². The van der Waals surface area contributed by atoms with Crippen molar-refractivity contribution < 1.29 is 69.8 Å². The first-order valence-corrected chi connectivity index (χ1v) is 41.5. The van der Waals surface area contributed by atoms with Crippen molar-refractivity contribution in [2.45, 2.75) is 138 Å². The van der Waals surface area contributed by atoms with Crippen molar-refractivity contribution >= 4 is 70.5 Å². The van der Waals surface area contributed by atoms with Crippen LogP contribution in [0.25, 0.3) is 45.0 Å². The lowest BCUT2D eigenvalue weighted by Gasteiger charge is -2.28. The van der Waals surface area contributed by atoms with Crippen LogP contribution >= 0.6 is 0 Å². The number of nitrogens with one attached hydrogen (secondary N) is 4. The molecule has 0 radical (unpaired) electrons. The number of aryl methyl sites for hydroxylation is 4. The van der Waals surface area contributed by atoms with Gasteiger partial charge in [0.2, 0.25) is 0 Å². The molecular weight excluding hydrogens is 1660 g/mol. The number of aromatic nitrogens is 8. The number of anilines is 4. The van der Waals surface area contributed by atoms with Gasteiger partial charge in [-0.3, -0.25) is 38.4 Å². The topological polar surface area (TPSA) is 483 Å². The summed E-state index contributed by atoms with van der Waals surface area (Å²) in [6.45, 7) is 19.8. The number of halogens is 5. The Kier molecular flexibility index (Phi) is 30.8. The number of primary amides is 4. The molecule has 35 heteroatoms. The summed E-state index contributed by atoms with van der Waals surface area (Å²) in [5, 5.41) is 29.0. The minimum absolute atomic E-state index is 0.00786. The van der Waals surface area contributed by atoms with E-state index in [1.165, 1.54) is 65.3 Å². The van der Waals surface area contributed by atoms with Gasteiger partial charge in [0.25, 0.3) is 47.3 Å². The number of amides is 8. The maximum absolute atomic E-state index is 15.1. The van der Waals surface area contributed by atoms with E-state index in [2.05, 4.69) is 41.7 Å². The zero-order valence-electron chi connectivity index (χ0n) is 72.6. The molecule has 2 aliphatic rings. The molecule has 4 aromatic heterocycles. The van der Waals surface area contributed by atoms with Crippen LogP contribution in [0.2, 0.25) is 0 Å². The van der Waals surface area contributed by atoms with Crippen molar-refractivity contribution in [3.8, 4) is 45.0 Å². The standard InChI is InChI=1S/C26H30FN5O3.C24H25F2N5O3.2C22H24FN5O2/c1-15-3-8-20(27)13-21(15)26(34)30-14-17-4-6-19(7-5-17)23-22(25(29)33)24(28)32(31-23)16(2)18-9-11-35-12-10-18;1-13-4-6-15(25)10-18(13)24(33)29-11-14-5-7-17(19(26)9-14)21-20(23(28)32)22(27)31(30-21)16-3-2-8-34-12-16;2*1-12(2)28-20(24)18(21(25)29)19(27-28)15-7-5-14(6-8-15)11-26-22(30)17-10-16(23)9-4-13(17)3/h3-8,13,16,18H,9-12,14,28H2,1-2H3,(H2,29,33)(H,30,34);4-7,9-10,16H,2-3,8,11-12,27H2,1H3,(H2,28,32)(H,29,33);2*4-10,12H,11,24H2,1-3H3,(H2,25,29)(H,26,30). The van der Waals surface area contributed by atoms with Gasteiger partial charge in [0.1, 0.15) is 97.4 Å². The van der Waals surface area contributed by atoms with Crippen LogP contribution in [0.1, 0.15) is 212 Å². The van der Waals surface area contributed by atoms with E-state index in [4.69, 9.17) is 55.3 Å². The smallest absolute Gasteiger partial charge is 0.254 e. The molecule has 6 heterocycles. The van der Waals surface area contributed by atoms with Crippen LogP contribution in [-0.4, -0.2) is 113 Å². The SMILES string of the molecule is Cc1ccc(F)cc1C(=O)NCc1ccc(-c2nn(C(C)C)c(N)c2C(N)=O)cc1.Cc1ccc(F)cc1C(=O)NCc1ccc(-c2nn(C(C)C)c(N)c2C(N)=O)cc1.Cc1ccc(F)cc1C(=O)NCc1ccc(-c2nn(C(C)C3CCOCC3)c(N)c2C(N)=O)cc1.Cc1ccc(F)cc1C(=O)NCc1ccc(-c2nn(C3CCCOC3)c(N)c2C(N)=O)c(F)c1. The number of ether oxygens (including phenoxy) is 2. The number of hydrogen-bond donors (Lipinski definition) is 12. The molecule has 14 rings (SSSR count). The van der Waals surface area contributed by atoms with Crippen molar-refractivity contribution in [2.75, 3.05) is 49.4 Å². The Hall–Kier alpha value is -14.9. The monoisotopic (exact) mass is 1770 g/mol. The first kappa shape index (κ1) is 94.8. The lowest BCUT2D eigenvalue weighted by Crippen LogP contribution is -2.26. The van der Waals surface area contributed by atoms with E-state index >= 15 is 4.39 Å². The fourth-order valence-corrected chi connectivity index (χ4v) is 14.9. The number of carbonyl (C=O) groups is 8. The van der Waals surface area contributed by atoms with E-state index in [9.17, 15) is 55.9 Å². The molecule has 674 valence electrons. The summed E-state index contributed by atoms with van der Waals surface area (Å²) in [5.74, 6) is -5.67. The van der Waals surface area contributed by atoms with E-state index in [0.717, 1.165) is 48.4 Å². The van der Waals surface area contributed by atoms with Crippen molar-refractivity contribution in [3.63, 3.8) is 0 Å². The summed E-state index contributed by atoms with van der Waals surface area (Å²) in [7, 11) is 0. The normalized spacial score (nSPS) is 13.3. The van der Waals surface area contributed by atoms with Gasteiger partial charge in [0.15, 0.2) is 0 Å². The molecule has 8 amide bonds. The van der Waals surface area contributed by atoms with E-state index in [1.807, 2.05) is 83.1 Å². The second-order valence-corrected chi connectivity index (χ2v) is 31.9. The molecule has 129 heavy (non-hydrogen) atoms. The largest absolute Gasteiger partial charge is 0.383 e. The number of nitrogen functional groups attached to an aromatic ring is 4. The third-order valence-corrected chi connectivity index (χ3v) is 22.1. The zero-order chi connectivity index (χ0) is 93.5. The number of nitrogens with two attached hydrogens (primary N) is 8. The zero-order valence-corrected chi connectivity index (χ0v) is 72.6. The van der Waals surface area contributed by atoms with Crippen molar-refractivity contribution in [1.29, 1.82) is 0 Å². The van der Waals surface area contributed by atoms with Crippen LogP contribution in [0.5, 0.6) is 0 Å². The van der Waals surface area contributed by atoms with Crippen molar-refractivity contribution in [3.05, 3.63) is 282 Å². The van der Waals surface area contributed by atoms with Crippen molar-refractivity contribution in [1.82, 2.24) is 60.4 Å². The molecular formula is C94H103F5N20O10. The third kappa shape index (κ3) is 22.7. The summed E-state index contributed by atoms with van der Waals surface area (Å²) >= 11 is 0. The Balaban J connectivity index is 0.000000167. The first-order chi connectivity index (χ1) is 61.4. The molecule has 0 saturated carbocycles. The van der Waals surface area contributed by atoms with E-state index in [1.54, 1.807) is 90.3 Å². The number of nitrogens with zero attached hydrogens (tertiary/aromatic N) is 8. The second-order valence-electron chi connectivity index (χ2n) is 31.9. The predicted octanol–water partition coefficient (Wildman–Crippen LogP) is 13.1. The molecule has 2 saturated heterocycles. The van der Waals surface area contributed by atoms with Gasteiger partial charge >= 0.3 is 0 Å². The number of carbonyl (C=O) groups excluding carboxylic acids is 8.